The summed E-state index contributed by atoms with van der Waals surface area (Å²) >= 11 is 0. The predicted octanol–water partition coefficient (Wildman–Crippen LogP) is 1.95. The van der Waals surface area contributed by atoms with Crippen molar-refractivity contribution in [1.29, 1.82) is 0 Å². The van der Waals surface area contributed by atoms with E-state index >= 15 is 4.39 Å². The van der Waals surface area contributed by atoms with Crippen LogP contribution in [0.2, 0.25) is 0 Å². The average molecular weight is 363 g/mol. The van der Waals surface area contributed by atoms with Gasteiger partial charge in [0.1, 0.15) is 11.3 Å². The summed E-state index contributed by atoms with van der Waals surface area (Å²) < 4.78 is 31.0. The Bertz CT molecular complexity index is 969. The van der Waals surface area contributed by atoms with Crippen molar-refractivity contribution in [3.63, 3.8) is 0 Å². The van der Waals surface area contributed by atoms with Gasteiger partial charge in [0, 0.05) is 25.7 Å². The number of piperazine rings is 1. The highest BCUT2D eigenvalue weighted by Gasteiger charge is 2.32. The van der Waals surface area contributed by atoms with Gasteiger partial charge in [-0.3, -0.25) is 9.20 Å². The number of nitrogens with one attached hydrogen (secondary N) is 1. The molecule has 0 amide bonds. The van der Waals surface area contributed by atoms with Gasteiger partial charge in [-0.2, -0.15) is 0 Å². The van der Waals surface area contributed by atoms with Crippen LogP contribution in [0.3, 0.4) is 0 Å². The summed E-state index contributed by atoms with van der Waals surface area (Å²) in [6.45, 7) is 3.43. The fraction of sp³-hybridized carbons (Fsp3) is 0.444. The van der Waals surface area contributed by atoms with E-state index in [4.69, 9.17) is 0 Å². The van der Waals surface area contributed by atoms with Crippen molar-refractivity contribution in [2.75, 3.05) is 24.5 Å². The van der Waals surface area contributed by atoms with Crippen molar-refractivity contribution in [3.05, 3.63) is 45.4 Å². The fourth-order valence-electron chi connectivity index (χ4n) is 3.69. The number of hydrogen-bond donors (Lipinski definition) is 2. The molecule has 1 atom stereocenters. The number of aromatic nitrogens is 1. The Balaban J connectivity index is 2.00. The van der Waals surface area contributed by atoms with Gasteiger partial charge in [0.2, 0.25) is 0 Å². The lowest BCUT2D eigenvalue weighted by Crippen LogP contribution is -2.50. The molecule has 26 heavy (non-hydrogen) atoms. The number of carboxylic acid groups (broad SMARTS) is 1. The van der Waals surface area contributed by atoms with Crippen molar-refractivity contribution in [1.82, 2.24) is 9.72 Å². The molecule has 2 fully saturated rings. The Kier molecular flexibility index (Phi) is 3.95. The molecule has 2 aromatic heterocycles. The largest absolute Gasteiger partial charge is 0.477 e. The van der Waals surface area contributed by atoms with E-state index in [-0.39, 0.29) is 23.2 Å². The van der Waals surface area contributed by atoms with Crippen LogP contribution in [-0.2, 0) is 0 Å². The average Bonchev–Trinajstić information content (AvgIpc) is 3.40. The molecule has 1 saturated heterocycles. The quantitative estimate of drug-likeness (QED) is 0.872. The molecule has 4 rings (SSSR count). The summed E-state index contributed by atoms with van der Waals surface area (Å²) in [6.07, 6.45) is 2.51. The summed E-state index contributed by atoms with van der Waals surface area (Å²) in [5.74, 6) is -3.06. The maximum Gasteiger partial charge on any atom is 0.341 e. The fourth-order valence-corrected chi connectivity index (χ4v) is 3.69. The van der Waals surface area contributed by atoms with Crippen molar-refractivity contribution in [2.24, 2.45) is 0 Å². The number of aromatic carboxylic acids is 1. The molecule has 1 aliphatic carbocycles. The standard InChI is InChI=1S/C18H19F2N3O3/c1-9-7-22(5-4-21-9)16-13(19)8-23-15(14(16)20)11(10-2-3-10)6-12(17(23)24)18(25)26/h6,8-10,21H,2-5,7H2,1H3,(H,25,26). The Morgan fingerprint density at radius 1 is 1.35 bits per heavy atom. The van der Waals surface area contributed by atoms with Gasteiger partial charge in [-0.15, -0.1) is 0 Å². The first-order valence-corrected chi connectivity index (χ1v) is 8.67. The van der Waals surface area contributed by atoms with Crippen LogP contribution in [0.25, 0.3) is 5.52 Å². The van der Waals surface area contributed by atoms with Crippen LogP contribution in [0.4, 0.5) is 14.5 Å². The lowest BCUT2D eigenvalue weighted by molar-refractivity contribution is 0.0694. The third-order valence-corrected chi connectivity index (χ3v) is 5.08. The van der Waals surface area contributed by atoms with Crippen LogP contribution >= 0.6 is 0 Å². The van der Waals surface area contributed by atoms with Crippen LogP contribution in [0.5, 0.6) is 0 Å². The molecule has 2 N–H and O–H groups in total. The smallest absolute Gasteiger partial charge is 0.341 e. The minimum absolute atomic E-state index is 0.00143. The van der Waals surface area contributed by atoms with E-state index in [0.717, 1.165) is 23.4 Å². The molecular formula is C18H19F2N3O3. The van der Waals surface area contributed by atoms with Gasteiger partial charge < -0.3 is 15.3 Å². The number of rotatable bonds is 3. The van der Waals surface area contributed by atoms with Crippen LogP contribution < -0.4 is 15.8 Å². The van der Waals surface area contributed by atoms with E-state index < -0.39 is 28.7 Å². The Morgan fingerprint density at radius 2 is 2.08 bits per heavy atom. The molecule has 2 aliphatic rings. The molecule has 6 nitrogen and oxygen atoms in total. The molecule has 0 radical (unpaired) electrons. The van der Waals surface area contributed by atoms with Crippen LogP contribution in [0, 0.1) is 11.6 Å². The van der Waals surface area contributed by atoms with Crippen LogP contribution in [0.15, 0.2) is 17.1 Å². The first-order valence-electron chi connectivity index (χ1n) is 8.67. The van der Waals surface area contributed by atoms with Gasteiger partial charge in [0.25, 0.3) is 5.56 Å². The number of halogens is 2. The highest BCUT2D eigenvalue weighted by molar-refractivity contribution is 5.88. The third kappa shape index (κ3) is 2.65. The molecule has 3 heterocycles. The van der Waals surface area contributed by atoms with Crippen molar-refractivity contribution in [3.8, 4) is 0 Å². The normalized spacial score (nSPS) is 20.6. The van der Waals surface area contributed by atoms with Gasteiger partial charge in [0.15, 0.2) is 11.6 Å². The molecule has 8 heteroatoms. The summed E-state index contributed by atoms with van der Waals surface area (Å²) in [6, 6.07) is 1.33. The van der Waals surface area contributed by atoms with Gasteiger partial charge >= 0.3 is 5.97 Å². The number of nitrogens with zero attached hydrogens (tertiary/aromatic N) is 2. The van der Waals surface area contributed by atoms with E-state index in [9.17, 15) is 19.1 Å². The number of hydrogen-bond acceptors (Lipinski definition) is 4. The minimum Gasteiger partial charge on any atom is -0.477 e. The van der Waals surface area contributed by atoms with E-state index in [0.29, 0.717) is 25.2 Å². The van der Waals surface area contributed by atoms with E-state index in [1.165, 1.54) is 6.07 Å². The molecule has 0 bridgehead atoms. The highest BCUT2D eigenvalue weighted by Crippen LogP contribution is 2.43. The summed E-state index contributed by atoms with van der Waals surface area (Å²) in [5, 5.41) is 12.5. The zero-order chi connectivity index (χ0) is 18.6. The molecule has 1 aliphatic heterocycles. The topological polar surface area (TPSA) is 74.0 Å². The molecular weight excluding hydrogens is 344 g/mol. The maximum absolute atomic E-state index is 15.4. The van der Waals surface area contributed by atoms with E-state index in [1.807, 2.05) is 6.92 Å². The molecule has 0 spiro atoms. The van der Waals surface area contributed by atoms with Crippen LogP contribution in [-0.4, -0.2) is 41.2 Å². The first kappa shape index (κ1) is 17.0. The maximum atomic E-state index is 15.4. The number of carboxylic acids is 1. The zero-order valence-corrected chi connectivity index (χ0v) is 14.3. The molecule has 1 saturated carbocycles. The first-order chi connectivity index (χ1) is 12.4. The predicted molar refractivity (Wildman–Crippen MR) is 92.2 cm³/mol. The van der Waals surface area contributed by atoms with Crippen molar-refractivity contribution < 1.29 is 18.7 Å². The van der Waals surface area contributed by atoms with Crippen molar-refractivity contribution >= 4 is 17.2 Å². The monoisotopic (exact) mass is 363 g/mol. The second-order valence-electron chi connectivity index (χ2n) is 7.06. The Morgan fingerprint density at radius 3 is 2.69 bits per heavy atom. The summed E-state index contributed by atoms with van der Waals surface area (Å²) in [4.78, 5) is 25.4. The molecule has 1 unspecified atom stereocenters. The number of fused-ring (bicyclic) bond motifs is 1. The SMILES string of the molecule is CC1CN(c2c(F)cn3c(=O)c(C(=O)O)cc(C4CC4)c3c2F)CCN1. The molecule has 138 valence electrons. The zero-order valence-electron chi connectivity index (χ0n) is 14.3. The molecule has 2 aromatic rings. The van der Waals surface area contributed by atoms with Crippen LogP contribution in [0.1, 0.15) is 41.6 Å². The number of anilines is 1. The Labute approximate surface area is 148 Å². The lowest BCUT2D eigenvalue weighted by atomic mass is 10.0. The summed E-state index contributed by atoms with van der Waals surface area (Å²) in [7, 11) is 0. The highest BCUT2D eigenvalue weighted by atomic mass is 19.1. The second kappa shape index (κ2) is 6.05. The Hall–Kier alpha value is -2.48. The van der Waals surface area contributed by atoms with Crippen molar-refractivity contribution in [2.45, 2.75) is 31.7 Å². The second-order valence-corrected chi connectivity index (χ2v) is 7.06. The van der Waals surface area contributed by atoms with Gasteiger partial charge in [-0.1, -0.05) is 0 Å². The van der Waals surface area contributed by atoms with E-state index in [2.05, 4.69) is 5.32 Å². The van der Waals surface area contributed by atoms with E-state index in [1.54, 1.807) is 4.90 Å². The van der Waals surface area contributed by atoms with Gasteiger partial charge in [-0.25, -0.2) is 13.6 Å². The number of carbonyl (C=O) groups is 1. The number of pyridine rings is 2. The minimum atomic E-state index is -1.40. The van der Waals surface area contributed by atoms with Gasteiger partial charge in [-0.05, 0) is 37.3 Å². The van der Waals surface area contributed by atoms with Gasteiger partial charge in [0.05, 0.1) is 11.7 Å². The summed E-state index contributed by atoms with van der Waals surface area (Å²) in [5.41, 5.74) is -1.08. The third-order valence-electron chi connectivity index (χ3n) is 5.08. The molecule has 0 aromatic carbocycles. The lowest BCUT2D eigenvalue weighted by Gasteiger charge is -2.34.